The van der Waals surface area contributed by atoms with Crippen LogP contribution in [0.2, 0.25) is 0 Å². The van der Waals surface area contributed by atoms with Gasteiger partial charge in [-0.25, -0.2) is 23.9 Å². The number of carbonyl (C=O) groups excluding carboxylic acids is 3. The Hall–Kier alpha value is -4.75. The topological polar surface area (TPSA) is 153 Å². The van der Waals surface area contributed by atoms with Gasteiger partial charge >= 0.3 is 12.2 Å². The van der Waals surface area contributed by atoms with Crippen LogP contribution in [0.15, 0.2) is 42.7 Å². The van der Waals surface area contributed by atoms with E-state index in [9.17, 15) is 18.8 Å². The average molecular weight is 707 g/mol. The molecule has 1 aromatic carbocycles. The summed E-state index contributed by atoms with van der Waals surface area (Å²) in [7, 11) is 1.88. The molecular formula is C37H51FN8O5. The summed E-state index contributed by atoms with van der Waals surface area (Å²) in [6.07, 6.45) is 9.26. The lowest BCUT2D eigenvalue weighted by molar-refractivity contribution is -0.124. The maximum atomic E-state index is 15.0. The number of amides is 3. The predicted octanol–water partition coefficient (Wildman–Crippen LogP) is 5.75. The van der Waals surface area contributed by atoms with Crippen LogP contribution in [-0.2, 0) is 34.3 Å². The van der Waals surface area contributed by atoms with Crippen molar-refractivity contribution in [3.63, 3.8) is 0 Å². The Balaban J connectivity index is 1.10. The predicted molar refractivity (Wildman–Crippen MR) is 190 cm³/mol. The lowest BCUT2D eigenvalue weighted by Gasteiger charge is -2.36. The number of unbranched alkanes of at least 4 members (excludes halogenated alkanes) is 1. The van der Waals surface area contributed by atoms with E-state index in [1.165, 1.54) is 19.0 Å². The van der Waals surface area contributed by atoms with Gasteiger partial charge in [-0.2, -0.15) is 5.10 Å². The monoisotopic (exact) mass is 706 g/mol. The molecule has 3 amide bonds. The van der Waals surface area contributed by atoms with E-state index >= 15 is 0 Å². The van der Waals surface area contributed by atoms with Crippen LogP contribution in [-0.4, -0.2) is 80.1 Å². The van der Waals surface area contributed by atoms with E-state index in [4.69, 9.17) is 9.47 Å². The SMILES string of the molecule is Cn1ncc(-c2nc(NC3CCC(N(Cc4ccccc4)C(=O)OCC(=O)NCCCCNC(=O)OC(C)(C)C)CC3)ncc2F)c1CC1CC1. The van der Waals surface area contributed by atoms with Gasteiger partial charge in [0.05, 0.1) is 12.4 Å². The number of anilines is 1. The number of nitrogens with one attached hydrogen (secondary N) is 3. The Morgan fingerprint density at radius 1 is 0.980 bits per heavy atom. The normalized spacial score (nSPS) is 17.4. The maximum Gasteiger partial charge on any atom is 0.410 e. The Kier molecular flexibility index (Phi) is 12.8. The molecule has 0 radical (unpaired) electrons. The summed E-state index contributed by atoms with van der Waals surface area (Å²) < 4.78 is 27.5. The first-order chi connectivity index (χ1) is 24.4. The third kappa shape index (κ3) is 11.6. The van der Waals surface area contributed by atoms with Crippen LogP contribution in [0.4, 0.5) is 19.9 Å². The van der Waals surface area contributed by atoms with Crippen LogP contribution in [0.1, 0.15) is 83.4 Å². The summed E-state index contributed by atoms with van der Waals surface area (Å²) >= 11 is 0. The second kappa shape index (κ2) is 17.5. The molecule has 2 aliphatic rings. The van der Waals surface area contributed by atoms with Crippen LogP contribution in [0.5, 0.6) is 0 Å². The lowest BCUT2D eigenvalue weighted by Crippen LogP contribution is -2.44. The van der Waals surface area contributed by atoms with Crippen molar-refractivity contribution in [1.29, 1.82) is 0 Å². The van der Waals surface area contributed by atoms with Gasteiger partial charge in [-0.3, -0.25) is 9.48 Å². The second-order valence-electron chi connectivity index (χ2n) is 14.5. The largest absolute Gasteiger partial charge is 0.444 e. The molecule has 14 heteroatoms. The van der Waals surface area contributed by atoms with E-state index in [1.807, 2.05) is 37.4 Å². The zero-order valence-corrected chi connectivity index (χ0v) is 30.1. The molecule has 2 aromatic heterocycles. The molecule has 13 nitrogen and oxygen atoms in total. The minimum atomic E-state index is -0.561. The molecule has 2 heterocycles. The van der Waals surface area contributed by atoms with Crippen molar-refractivity contribution in [3.8, 4) is 11.3 Å². The number of halogens is 1. The van der Waals surface area contributed by atoms with Gasteiger partial charge in [0.2, 0.25) is 5.95 Å². The summed E-state index contributed by atoms with van der Waals surface area (Å²) in [5.41, 5.74) is 2.33. The Labute approximate surface area is 299 Å². The van der Waals surface area contributed by atoms with Crippen LogP contribution in [0, 0.1) is 11.7 Å². The van der Waals surface area contributed by atoms with Crippen molar-refractivity contribution < 1.29 is 28.2 Å². The minimum absolute atomic E-state index is 0.0408. The van der Waals surface area contributed by atoms with Crippen LogP contribution >= 0.6 is 0 Å². The quantitative estimate of drug-likeness (QED) is 0.168. The molecule has 3 aromatic rings. The first-order valence-corrected chi connectivity index (χ1v) is 18.0. The molecule has 0 spiro atoms. The zero-order chi connectivity index (χ0) is 36.4. The highest BCUT2D eigenvalue weighted by Gasteiger charge is 2.31. The summed E-state index contributed by atoms with van der Waals surface area (Å²) in [6.45, 7) is 6.18. The Morgan fingerprint density at radius 3 is 2.37 bits per heavy atom. The second-order valence-corrected chi connectivity index (χ2v) is 14.5. The summed E-state index contributed by atoms with van der Waals surface area (Å²) in [4.78, 5) is 48.1. The molecular weight excluding hydrogens is 655 g/mol. The van der Waals surface area contributed by atoms with Gasteiger partial charge in [0.25, 0.3) is 5.91 Å². The van der Waals surface area contributed by atoms with Gasteiger partial charge in [0.15, 0.2) is 12.4 Å². The van der Waals surface area contributed by atoms with Gasteiger partial charge in [-0.05, 0) is 90.0 Å². The highest BCUT2D eigenvalue weighted by Crippen LogP contribution is 2.36. The maximum absolute atomic E-state index is 15.0. The third-order valence-electron chi connectivity index (χ3n) is 9.06. The highest BCUT2D eigenvalue weighted by atomic mass is 19.1. The van der Waals surface area contributed by atoms with Crippen molar-refractivity contribution in [2.24, 2.45) is 13.0 Å². The minimum Gasteiger partial charge on any atom is -0.444 e. The average Bonchev–Trinajstić information content (AvgIpc) is 3.85. The number of ether oxygens (including phenoxy) is 2. The van der Waals surface area contributed by atoms with E-state index in [2.05, 4.69) is 31.0 Å². The Morgan fingerprint density at radius 2 is 1.69 bits per heavy atom. The molecule has 2 fully saturated rings. The molecule has 0 aliphatic heterocycles. The molecule has 2 saturated carbocycles. The van der Waals surface area contributed by atoms with Crippen molar-refractivity contribution >= 4 is 24.0 Å². The number of rotatable bonds is 15. The number of aromatic nitrogens is 4. The standard InChI is InChI=1S/C37H51FN8O5/c1-37(2,3)51-35(48)40-19-9-8-18-39-32(47)24-50-36(49)46(23-26-10-6-5-7-11-26)28-16-14-27(15-17-28)43-34-41-22-30(38)33(44-34)29-21-42-45(4)31(29)20-25-12-13-25/h5-7,10-11,21-22,25,27-28H,8-9,12-20,23-24H2,1-4H3,(H,39,47)(H,40,48)(H,41,43,44). The molecule has 276 valence electrons. The van der Waals surface area contributed by atoms with Crippen LogP contribution in [0.25, 0.3) is 11.3 Å². The highest BCUT2D eigenvalue weighted by molar-refractivity contribution is 5.80. The summed E-state index contributed by atoms with van der Waals surface area (Å²) in [6, 6.07) is 9.63. The number of aryl methyl sites for hydroxylation is 1. The first-order valence-electron chi connectivity index (χ1n) is 18.0. The van der Waals surface area contributed by atoms with E-state index in [0.717, 1.165) is 30.5 Å². The Bertz CT molecular complexity index is 1620. The van der Waals surface area contributed by atoms with Gasteiger partial charge in [-0.1, -0.05) is 30.3 Å². The van der Waals surface area contributed by atoms with Gasteiger partial charge in [0.1, 0.15) is 11.3 Å². The molecule has 51 heavy (non-hydrogen) atoms. The van der Waals surface area contributed by atoms with E-state index < -0.39 is 23.6 Å². The van der Waals surface area contributed by atoms with Crippen LogP contribution < -0.4 is 16.0 Å². The van der Waals surface area contributed by atoms with Crippen LogP contribution in [0.3, 0.4) is 0 Å². The number of hydrogen-bond acceptors (Lipinski definition) is 9. The van der Waals surface area contributed by atoms with Crippen molar-refractivity contribution in [3.05, 3.63) is 59.8 Å². The van der Waals surface area contributed by atoms with E-state index in [1.54, 1.807) is 36.5 Å². The fourth-order valence-electron chi connectivity index (χ4n) is 6.20. The number of benzene rings is 1. The summed E-state index contributed by atoms with van der Waals surface area (Å²) in [5, 5.41) is 13.2. The number of carbonyl (C=O) groups is 3. The lowest BCUT2D eigenvalue weighted by atomic mass is 9.90. The smallest absolute Gasteiger partial charge is 0.410 e. The van der Waals surface area contributed by atoms with Gasteiger partial charge in [0, 0.05) is 50.0 Å². The van der Waals surface area contributed by atoms with E-state index in [-0.39, 0.29) is 30.3 Å². The van der Waals surface area contributed by atoms with Crippen molar-refractivity contribution in [2.75, 3.05) is 25.0 Å². The molecule has 0 saturated heterocycles. The zero-order valence-electron chi connectivity index (χ0n) is 30.1. The van der Waals surface area contributed by atoms with Crippen molar-refractivity contribution in [2.45, 2.75) is 103 Å². The fourth-order valence-corrected chi connectivity index (χ4v) is 6.20. The molecule has 2 aliphatic carbocycles. The number of hydrogen-bond donors (Lipinski definition) is 3. The first kappa shape index (κ1) is 37.5. The van der Waals surface area contributed by atoms with E-state index in [0.29, 0.717) is 62.7 Å². The number of alkyl carbamates (subject to hydrolysis) is 1. The number of nitrogens with zero attached hydrogens (tertiary/aromatic N) is 5. The molecule has 0 unspecified atom stereocenters. The summed E-state index contributed by atoms with van der Waals surface area (Å²) in [5.74, 6) is 0.110. The molecule has 3 N–H and O–H groups in total. The third-order valence-corrected chi connectivity index (χ3v) is 9.06. The fraction of sp³-hybridized carbons (Fsp3) is 0.568. The van der Waals surface area contributed by atoms with Gasteiger partial charge in [-0.15, -0.1) is 0 Å². The molecule has 0 bridgehead atoms. The molecule has 5 rings (SSSR count). The van der Waals surface area contributed by atoms with Crippen molar-refractivity contribution in [1.82, 2.24) is 35.3 Å². The molecule has 0 atom stereocenters. The van der Waals surface area contributed by atoms with Gasteiger partial charge < -0.3 is 30.3 Å².